The fourth-order valence-corrected chi connectivity index (χ4v) is 0.936. The van der Waals surface area contributed by atoms with Gasteiger partial charge in [0, 0.05) is 11.8 Å². The van der Waals surface area contributed by atoms with Crippen molar-refractivity contribution in [2.75, 3.05) is 5.73 Å². The molecule has 0 aromatic carbocycles. The Kier molecular flexibility index (Phi) is 0.943. The first-order valence-electron chi connectivity index (χ1n) is 2.99. The summed E-state index contributed by atoms with van der Waals surface area (Å²) in [5.74, 6) is 0.544. The first-order chi connectivity index (χ1) is 4.88. The van der Waals surface area contributed by atoms with Gasteiger partial charge in [-0.05, 0) is 6.07 Å². The summed E-state index contributed by atoms with van der Waals surface area (Å²) in [7, 11) is 0. The molecule has 0 bridgehead atoms. The number of hydrogen-bond donors (Lipinski definition) is 1. The molecule has 1 aliphatic heterocycles. The van der Waals surface area contributed by atoms with Gasteiger partial charge in [0.2, 0.25) is 0 Å². The average Bonchev–Trinajstić information content (AvgIpc) is 2.36. The van der Waals surface area contributed by atoms with Crippen LogP contribution in [0, 0.1) is 0 Å². The van der Waals surface area contributed by atoms with Gasteiger partial charge in [-0.1, -0.05) is 0 Å². The van der Waals surface area contributed by atoms with Gasteiger partial charge < -0.3 is 5.73 Å². The zero-order valence-corrected chi connectivity index (χ0v) is 5.28. The fraction of sp³-hybridized carbons (Fsp3) is 0.167. The largest absolute Gasteiger partial charge is 0.383 e. The molecule has 10 heavy (non-hydrogen) atoms. The molecule has 0 atom stereocenters. The maximum Gasteiger partial charge on any atom is 0.130 e. The molecule has 1 aromatic heterocycles. The summed E-state index contributed by atoms with van der Waals surface area (Å²) in [6.07, 6.45) is 1.64. The zero-order chi connectivity index (χ0) is 6.97. The van der Waals surface area contributed by atoms with E-state index in [4.69, 9.17) is 5.73 Å². The first-order valence-corrected chi connectivity index (χ1v) is 2.99. The van der Waals surface area contributed by atoms with Crippen LogP contribution in [0.5, 0.6) is 0 Å². The number of aromatic nitrogens is 1. The van der Waals surface area contributed by atoms with E-state index < -0.39 is 0 Å². The highest BCUT2D eigenvalue weighted by Crippen LogP contribution is 2.28. The summed E-state index contributed by atoms with van der Waals surface area (Å²) in [5, 5.41) is 7.68. The van der Waals surface area contributed by atoms with Crippen molar-refractivity contribution in [3.05, 3.63) is 17.8 Å². The molecule has 0 fully saturated rings. The van der Waals surface area contributed by atoms with Gasteiger partial charge in [0.05, 0.1) is 12.2 Å². The highest BCUT2D eigenvalue weighted by Gasteiger charge is 2.10. The van der Waals surface area contributed by atoms with Gasteiger partial charge in [-0.15, -0.1) is 0 Å². The van der Waals surface area contributed by atoms with Gasteiger partial charge in [0.25, 0.3) is 0 Å². The molecular formula is C6H6N4. The van der Waals surface area contributed by atoms with E-state index in [1.165, 1.54) is 0 Å². The van der Waals surface area contributed by atoms with Crippen LogP contribution in [0.4, 0.5) is 11.5 Å². The Morgan fingerprint density at radius 2 is 2.40 bits per heavy atom. The Bertz CT molecular complexity index is 292. The molecule has 0 radical (unpaired) electrons. The molecule has 2 heterocycles. The SMILES string of the molecule is Nc1nccc2c1CN=N2. The van der Waals surface area contributed by atoms with E-state index in [2.05, 4.69) is 15.2 Å². The molecular weight excluding hydrogens is 128 g/mol. The van der Waals surface area contributed by atoms with Crippen molar-refractivity contribution in [3.8, 4) is 0 Å². The van der Waals surface area contributed by atoms with Crippen LogP contribution in [0.15, 0.2) is 22.5 Å². The third-order valence-electron chi connectivity index (χ3n) is 1.47. The third-order valence-corrected chi connectivity index (χ3v) is 1.47. The van der Waals surface area contributed by atoms with Crippen molar-refractivity contribution in [1.82, 2.24) is 4.98 Å². The quantitative estimate of drug-likeness (QED) is 0.580. The average molecular weight is 134 g/mol. The predicted molar refractivity (Wildman–Crippen MR) is 36.9 cm³/mol. The Morgan fingerprint density at radius 1 is 1.50 bits per heavy atom. The third kappa shape index (κ3) is 0.586. The minimum absolute atomic E-state index is 0.544. The lowest BCUT2D eigenvalue weighted by atomic mass is 10.2. The number of anilines is 1. The van der Waals surface area contributed by atoms with Crippen molar-refractivity contribution in [2.24, 2.45) is 10.2 Å². The molecule has 2 rings (SSSR count). The Morgan fingerprint density at radius 3 is 3.20 bits per heavy atom. The van der Waals surface area contributed by atoms with E-state index in [1.54, 1.807) is 6.20 Å². The summed E-state index contributed by atoms with van der Waals surface area (Å²) >= 11 is 0. The minimum atomic E-state index is 0.544. The van der Waals surface area contributed by atoms with Crippen LogP contribution < -0.4 is 5.73 Å². The van der Waals surface area contributed by atoms with Crippen molar-refractivity contribution >= 4 is 11.5 Å². The Balaban J connectivity index is 2.66. The number of nitrogens with zero attached hydrogens (tertiary/aromatic N) is 3. The molecule has 2 N–H and O–H groups in total. The molecule has 0 unspecified atom stereocenters. The van der Waals surface area contributed by atoms with Crippen LogP contribution in [-0.2, 0) is 6.54 Å². The predicted octanol–water partition coefficient (Wildman–Crippen LogP) is 1.26. The lowest BCUT2D eigenvalue weighted by Gasteiger charge is -1.96. The summed E-state index contributed by atoms with van der Waals surface area (Å²) in [6, 6.07) is 1.81. The van der Waals surface area contributed by atoms with E-state index in [0.717, 1.165) is 11.3 Å². The minimum Gasteiger partial charge on any atom is -0.383 e. The topological polar surface area (TPSA) is 63.6 Å². The van der Waals surface area contributed by atoms with E-state index in [1.807, 2.05) is 6.07 Å². The molecule has 4 nitrogen and oxygen atoms in total. The number of azo groups is 1. The van der Waals surface area contributed by atoms with Gasteiger partial charge in [-0.3, -0.25) is 0 Å². The molecule has 1 aromatic rings. The smallest absolute Gasteiger partial charge is 0.130 e. The van der Waals surface area contributed by atoms with E-state index in [-0.39, 0.29) is 0 Å². The zero-order valence-electron chi connectivity index (χ0n) is 5.28. The highest BCUT2D eigenvalue weighted by molar-refractivity contribution is 5.57. The lowest BCUT2D eigenvalue weighted by molar-refractivity contribution is 1.04. The normalized spacial score (nSPS) is 13.6. The Labute approximate surface area is 57.8 Å². The maximum atomic E-state index is 5.54. The van der Waals surface area contributed by atoms with Crippen molar-refractivity contribution in [3.63, 3.8) is 0 Å². The summed E-state index contributed by atoms with van der Waals surface area (Å²) in [6.45, 7) is 0.578. The van der Waals surface area contributed by atoms with Gasteiger partial charge >= 0.3 is 0 Å². The number of nitrogens with two attached hydrogens (primary N) is 1. The summed E-state index contributed by atoms with van der Waals surface area (Å²) < 4.78 is 0. The number of nitrogen functional groups attached to an aromatic ring is 1. The molecule has 0 amide bonds. The van der Waals surface area contributed by atoms with Crippen LogP contribution in [0.3, 0.4) is 0 Å². The molecule has 0 saturated heterocycles. The summed E-state index contributed by atoms with van der Waals surface area (Å²) in [4.78, 5) is 3.91. The van der Waals surface area contributed by atoms with Crippen LogP contribution in [0.1, 0.15) is 5.56 Å². The monoisotopic (exact) mass is 134 g/mol. The van der Waals surface area contributed by atoms with E-state index in [0.29, 0.717) is 12.4 Å². The fourth-order valence-electron chi connectivity index (χ4n) is 0.936. The van der Waals surface area contributed by atoms with Crippen molar-refractivity contribution < 1.29 is 0 Å². The highest BCUT2D eigenvalue weighted by atomic mass is 15.1. The van der Waals surface area contributed by atoms with Crippen LogP contribution in [0.25, 0.3) is 0 Å². The second-order valence-corrected chi connectivity index (χ2v) is 2.09. The number of hydrogen-bond acceptors (Lipinski definition) is 4. The lowest BCUT2D eigenvalue weighted by Crippen LogP contribution is -1.93. The molecule has 0 spiro atoms. The molecule has 50 valence electrons. The number of fused-ring (bicyclic) bond motifs is 1. The molecule has 0 saturated carbocycles. The molecule has 0 aliphatic carbocycles. The van der Waals surface area contributed by atoms with Gasteiger partial charge in [-0.25, -0.2) is 4.98 Å². The van der Waals surface area contributed by atoms with E-state index in [9.17, 15) is 0 Å². The van der Waals surface area contributed by atoms with Crippen molar-refractivity contribution in [2.45, 2.75) is 6.54 Å². The molecule has 1 aliphatic rings. The van der Waals surface area contributed by atoms with Gasteiger partial charge in [-0.2, -0.15) is 10.2 Å². The molecule has 4 heteroatoms. The summed E-state index contributed by atoms with van der Waals surface area (Å²) in [5.41, 5.74) is 7.34. The second-order valence-electron chi connectivity index (χ2n) is 2.09. The van der Waals surface area contributed by atoms with Crippen LogP contribution in [-0.4, -0.2) is 4.98 Å². The van der Waals surface area contributed by atoms with Gasteiger partial charge in [0.15, 0.2) is 0 Å². The first kappa shape index (κ1) is 5.34. The van der Waals surface area contributed by atoms with Crippen molar-refractivity contribution in [1.29, 1.82) is 0 Å². The Hall–Kier alpha value is -1.45. The van der Waals surface area contributed by atoms with Crippen LogP contribution in [0.2, 0.25) is 0 Å². The standard InChI is InChI=1S/C6H6N4/c7-6-4-3-9-10-5(4)1-2-8-6/h1-2H,3H2,(H2,7,8). The number of rotatable bonds is 0. The maximum absolute atomic E-state index is 5.54. The number of pyridine rings is 1. The van der Waals surface area contributed by atoms with Crippen LogP contribution >= 0.6 is 0 Å². The van der Waals surface area contributed by atoms with Gasteiger partial charge in [0.1, 0.15) is 5.82 Å². The van der Waals surface area contributed by atoms with E-state index >= 15 is 0 Å². The second kappa shape index (κ2) is 1.76.